The van der Waals surface area contributed by atoms with E-state index in [9.17, 15) is 9.59 Å². The third kappa shape index (κ3) is 5.68. The molecule has 5 rings (SSSR count). The minimum Gasteiger partial charge on any atom is -0.380 e. The summed E-state index contributed by atoms with van der Waals surface area (Å²) in [5.41, 5.74) is 4.73. The van der Waals surface area contributed by atoms with Gasteiger partial charge in [0.2, 0.25) is 0 Å². The molecule has 1 amide bonds. The van der Waals surface area contributed by atoms with Crippen molar-refractivity contribution in [1.82, 2.24) is 14.5 Å². The molecule has 7 nitrogen and oxygen atoms in total. The van der Waals surface area contributed by atoms with E-state index in [1.54, 1.807) is 35.9 Å². The minimum atomic E-state index is -0.350. The normalized spacial score (nSPS) is 10.7. The van der Waals surface area contributed by atoms with Crippen molar-refractivity contribution in [2.24, 2.45) is 0 Å². The molecule has 0 aliphatic rings. The highest BCUT2D eigenvalue weighted by atomic mass is 16.2. The molecule has 38 heavy (non-hydrogen) atoms. The van der Waals surface area contributed by atoms with Gasteiger partial charge in [-0.15, -0.1) is 0 Å². The van der Waals surface area contributed by atoms with Crippen molar-refractivity contribution in [3.8, 4) is 11.3 Å². The van der Waals surface area contributed by atoms with Gasteiger partial charge in [-0.1, -0.05) is 72.8 Å². The van der Waals surface area contributed by atoms with Crippen molar-refractivity contribution >= 4 is 17.4 Å². The zero-order valence-electron chi connectivity index (χ0n) is 21.0. The van der Waals surface area contributed by atoms with Crippen LogP contribution in [0.5, 0.6) is 0 Å². The van der Waals surface area contributed by atoms with Crippen LogP contribution in [-0.2, 0) is 13.1 Å². The Hall–Kier alpha value is -5.04. The topological polar surface area (TPSA) is 88.9 Å². The standard InChI is InChI=1S/C31H27N5O2/c1-22-30(31(38)35-28-17-8-9-18-32-28)27(33-20-23-11-4-2-5-12-23)19-29(37)36(22)21-25-15-10-16-26(34-25)24-13-6-3-7-14-24/h2-19,33H,20-21H2,1H3,(H,32,35,38). The Bertz CT molecular complexity index is 1600. The first-order chi connectivity index (χ1) is 18.6. The van der Waals surface area contributed by atoms with Crippen molar-refractivity contribution < 1.29 is 4.79 Å². The summed E-state index contributed by atoms with van der Waals surface area (Å²) in [5.74, 6) is 0.0809. The number of aromatic nitrogens is 3. The van der Waals surface area contributed by atoms with Gasteiger partial charge in [-0.2, -0.15) is 0 Å². The van der Waals surface area contributed by atoms with Crippen LogP contribution < -0.4 is 16.2 Å². The highest BCUT2D eigenvalue weighted by Crippen LogP contribution is 2.22. The van der Waals surface area contributed by atoms with Crippen molar-refractivity contribution in [2.45, 2.75) is 20.0 Å². The van der Waals surface area contributed by atoms with E-state index in [1.807, 2.05) is 78.9 Å². The van der Waals surface area contributed by atoms with E-state index in [-0.39, 0.29) is 18.0 Å². The number of nitrogens with one attached hydrogen (secondary N) is 2. The molecule has 0 saturated carbocycles. The quantitative estimate of drug-likeness (QED) is 0.292. The molecular weight excluding hydrogens is 474 g/mol. The molecule has 0 aliphatic carbocycles. The lowest BCUT2D eigenvalue weighted by Gasteiger charge is -2.19. The van der Waals surface area contributed by atoms with Gasteiger partial charge < -0.3 is 15.2 Å². The molecule has 5 aromatic rings. The molecule has 0 fully saturated rings. The van der Waals surface area contributed by atoms with Crippen LogP contribution in [0.1, 0.15) is 27.3 Å². The molecule has 3 aromatic heterocycles. The van der Waals surface area contributed by atoms with Gasteiger partial charge in [-0.25, -0.2) is 4.98 Å². The average molecular weight is 502 g/mol. The molecule has 2 aromatic carbocycles. The number of hydrogen-bond donors (Lipinski definition) is 2. The number of hydrogen-bond acceptors (Lipinski definition) is 5. The zero-order chi connectivity index (χ0) is 26.3. The summed E-state index contributed by atoms with van der Waals surface area (Å²) in [6.07, 6.45) is 1.61. The molecule has 0 aliphatic heterocycles. The van der Waals surface area contributed by atoms with Gasteiger partial charge in [0.05, 0.1) is 29.2 Å². The second-order valence-corrected chi connectivity index (χ2v) is 8.83. The van der Waals surface area contributed by atoms with Gasteiger partial charge in [0.15, 0.2) is 0 Å². The first kappa shape index (κ1) is 24.6. The number of nitrogens with zero attached hydrogens (tertiary/aromatic N) is 3. The van der Waals surface area contributed by atoms with Crippen molar-refractivity contribution in [3.05, 3.63) is 142 Å². The number of amides is 1. The Morgan fingerprint density at radius 1 is 0.868 bits per heavy atom. The van der Waals surface area contributed by atoms with E-state index in [1.165, 1.54) is 6.07 Å². The molecule has 0 saturated heterocycles. The van der Waals surface area contributed by atoms with Gasteiger partial charge in [0, 0.05) is 30.1 Å². The Morgan fingerprint density at radius 3 is 2.34 bits per heavy atom. The van der Waals surface area contributed by atoms with Crippen LogP contribution in [0.15, 0.2) is 114 Å². The molecule has 0 unspecified atom stereocenters. The Labute approximate surface area is 220 Å². The molecule has 3 heterocycles. The predicted molar refractivity (Wildman–Crippen MR) is 150 cm³/mol. The summed E-state index contributed by atoms with van der Waals surface area (Å²) in [6, 6.07) is 32.2. The van der Waals surface area contributed by atoms with Gasteiger partial charge in [-0.05, 0) is 36.8 Å². The first-order valence-electron chi connectivity index (χ1n) is 12.3. The summed E-state index contributed by atoms with van der Waals surface area (Å²) in [7, 11) is 0. The fraction of sp³-hybridized carbons (Fsp3) is 0.0968. The number of anilines is 2. The lowest BCUT2D eigenvalue weighted by atomic mass is 10.1. The van der Waals surface area contributed by atoms with E-state index in [2.05, 4.69) is 15.6 Å². The second kappa shape index (κ2) is 11.3. The highest BCUT2D eigenvalue weighted by molar-refractivity contribution is 6.08. The van der Waals surface area contributed by atoms with Crippen LogP contribution in [0.25, 0.3) is 11.3 Å². The lowest BCUT2D eigenvalue weighted by Crippen LogP contribution is -2.28. The largest absolute Gasteiger partial charge is 0.380 e. The molecule has 0 spiro atoms. The fourth-order valence-electron chi connectivity index (χ4n) is 4.30. The van der Waals surface area contributed by atoms with Gasteiger partial charge >= 0.3 is 0 Å². The Kier molecular flexibility index (Phi) is 7.36. The third-order valence-electron chi connectivity index (χ3n) is 6.23. The van der Waals surface area contributed by atoms with Crippen molar-refractivity contribution in [2.75, 3.05) is 10.6 Å². The Morgan fingerprint density at radius 2 is 1.61 bits per heavy atom. The average Bonchev–Trinajstić information content (AvgIpc) is 2.95. The molecule has 0 atom stereocenters. The predicted octanol–water partition coefficient (Wildman–Crippen LogP) is 5.53. The maximum absolute atomic E-state index is 13.5. The van der Waals surface area contributed by atoms with Gasteiger partial charge in [0.1, 0.15) is 5.82 Å². The van der Waals surface area contributed by atoms with Crippen LogP contribution >= 0.6 is 0 Å². The van der Waals surface area contributed by atoms with Gasteiger partial charge in [0.25, 0.3) is 11.5 Å². The molecule has 7 heteroatoms. The maximum Gasteiger partial charge on any atom is 0.260 e. The lowest BCUT2D eigenvalue weighted by molar-refractivity contribution is 0.102. The van der Waals surface area contributed by atoms with E-state index < -0.39 is 0 Å². The van der Waals surface area contributed by atoms with E-state index >= 15 is 0 Å². The van der Waals surface area contributed by atoms with Crippen LogP contribution in [-0.4, -0.2) is 20.4 Å². The van der Waals surface area contributed by atoms with E-state index in [0.29, 0.717) is 29.3 Å². The summed E-state index contributed by atoms with van der Waals surface area (Å²) in [6.45, 7) is 2.48. The maximum atomic E-state index is 13.5. The Balaban J connectivity index is 1.51. The zero-order valence-corrected chi connectivity index (χ0v) is 21.0. The van der Waals surface area contributed by atoms with Crippen LogP contribution in [0.4, 0.5) is 11.5 Å². The second-order valence-electron chi connectivity index (χ2n) is 8.83. The fourth-order valence-corrected chi connectivity index (χ4v) is 4.30. The number of pyridine rings is 3. The number of carbonyl (C=O) groups excluding carboxylic acids is 1. The minimum absolute atomic E-state index is 0.223. The third-order valence-corrected chi connectivity index (χ3v) is 6.23. The van der Waals surface area contributed by atoms with E-state index in [0.717, 1.165) is 22.5 Å². The molecule has 2 N–H and O–H groups in total. The van der Waals surface area contributed by atoms with Gasteiger partial charge in [-0.3, -0.25) is 14.6 Å². The summed E-state index contributed by atoms with van der Waals surface area (Å²) in [4.78, 5) is 35.8. The smallest absolute Gasteiger partial charge is 0.260 e. The summed E-state index contributed by atoms with van der Waals surface area (Å²) in [5, 5.41) is 6.15. The van der Waals surface area contributed by atoms with Crippen LogP contribution in [0, 0.1) is 6.92 Å². The SMILES string of the molecule is Cc1c(C(=O)Nc2ccccn2)c(NCc2ccccc2)cc(=O)n1Cc1cccc(-c2ccccc2)n1. The molecule has 188 valence electrons. The number of carbonyl (C=O) groups is 1. The molecule has 0 radical (unpaired) electrons. The highest BCUT2D eigenvalue weighted by Gasteiger charge is 2.20. The van der Waals surface area contributed by atoms with Crippen molar-refractivity contribution in [3.63, 3.8) is 0 Å². The van der Waals surface area contributed by atoms with E-state index in [4.69, 9.17) is 4.98 Å². The monoisotopic (exact) mass is 501 g/mol. The summed E-state index contributed by atoms with van der Waals surface area (Å²) < 4.78 is 1.58. The van der Waals surface area contributed by atoms with Crippen LogP contribution in [0.3, 0.4) is 0 Å². The number of benzene rings is 2. The summed E-state index contributed by atoms with van der Waals surface area (Å²) >= 11 is 0. The van der Waals surface area contributed by atoms with Crippen LogP contribution in [0.2, 0.25) is 0 Å². The molecule has 0 bridgehead atoms. The number of rotatable bonds is 8. The first-order valence-corrected chi connectivity index (χ1v) is 12.3. The van der Waals surface area contributed by atoms with Crippen molar-refractivity contribution in [1.29, 1.82) is 0 Å². The molecular formula is C31H27N5O2.